The maximum absolute atomic E-state index is 14.2. The lowest BCUT2D eigenvalue weighted by atomic mass is 9.46. The van der Waals surface area contributed by atoms with Crippen LogP contribution in [0.15, 0.2) is 109 Å². The Kier molecular flexibility index (Phi) is 22.0. The number of ketones is 2. The van der Waals surface area contributed by atoms with Crippen molar-refractivity contribution in [2.75, 3.05) is 32.9 Å². The van der Waals surface area contributed by atoms with E-state index in [0.29, 0.717) is 35.9 Å². The van der Waals surface area contributed by atoms with Crippen molar-refractivity contribution in [2.45, 2.75) is 167 Å². The number of aromatic carboxylic acids is 1. The molecule has 1 heterocycles. The van der Waals surface area contributed by atoms with Gasteiger partial charge in [0.1, 0.15) is 17.1 Å². The Morgan fingerprint density at radius 1 is 0.855 bits per heavy atom. The number of rotatable bonds is 22. The molecular formula is C68H89NO14. The van der Waals surface area contributed by atoms with Crippen molar-refractivity contribution in [3.63, 3.8) is 0 Å². The van der Waals surface area contributed by atoms with Gasteiger partial charge in [-0.3, -0.25) is 14.4 Å². The van der Waals surface area contributed by atoms with Crippen molar-refractivity contribution in [1.82, 2.24) is 5.32 Å². The maximum Gasteiger partial charge on any atom is 0.339 e. The van der Waals surface area contributed by atoms with Crippen LogP contribution in [0, 0.1) is 40.4 Å². The second-order valence-electron chi connectivity index (χ2n) is 24.6. The van der Waals surface area contributed by atoms with Gasteiger partial charge >= 0.3 is 11.9 Å². The molecule has 15 nitrogen and oxygen atoms in total. The zero-order valence-corrected chi connectivity index (χ0v) is 49.0. The van der Waals surface area contributed by atoms with Gasteiger partial charge in [-0.1, -0.05) is 138 Å². The van der Waals surface area contributed by atoms with Gasteiger partial charge in [-0.25, -0.2) is 4.79 Å². The second kappa shape index (κ2) is 28.9. The third-order valence-electron chi connectivity index (χ3n) is 18.9. The maximum atomic E-state index is 14.2. The predicted molar refractivity (Wildman–Crippen MR) is 316 cm³/mol. The first-order chi connectivity index (χ1) is 39.9. The standard InChI is InChI=1S/C32H44O7.C25H37NO4.C11H8O3/c1-18(2)28(36)37-17-25(35)32-26(38-29(39-32)19-8-6-5-7-9-19)15-23-22-11-10-20-14-21(33)12-13-30(20,3)27(22)24(34)16-31(23,32)4;27-20-23-18-22(13-14-24(23)28)25(29)19-26-15-7-1-2-8-16-30-17-9-6-12-21-10-4-3-5-11-21;12-10-8-4-2-1-3-7(8)5-6-9(10)11(13)14/h12-14,18-19,22-24,26-27,29,34H,5-11,15-17H2,1-4H3;3-5,10-11,13-14,18,25-29H,1-2,6-9,12,15-17,19-20H2;1-6,12H,(H,13,14)/t22-,23-,24-,26+,27+,29+,30-,31-,32+;;/m0../s1. The largest absolute Gasteiger partial charge is 0.508 e. The van der Waals surface area contributed by atoms with Crippen LogP contribution in [0.5, 0.6) is 11.5 Å². The normalized spacial score (nSPS) is 27.4. The van der Waals surface area contributed by atoms with E-state index in [2.05, 4.69) is 49.5 Å². The number of benzene rings is 4. The number of aliphatic hydroxyl groups excluding tert-OH is 3. The minimum Gasteiger partial charge on any atom is -0.508 e. The Bertz CT molecular complexity index is 2900. The van der Waals surface area contributed by atoms with Crippen LogP contribution in [0.4, 0.5) is 0 Å². The molecule has 10 atom stereocenters. The summed E-state index contributed by atoms with van der Waals surface area (Å²) in [5.74, 6) is -1.71. The number of carboxylic acid groups (broad SMARTS) is 1. The van der Waals surface area contributed by atoms with Crippen LogP contribution in [-0.4, -0.2) is 111 Å². The Morgan fingerprint density at radius 3 is 2.31 bits per heavy atom. The number of esters is 1. The molecule has 0 amide bonds. The summed E-state index contributed by atoms with van der Waals surface area (Å²) in [6.07, 6.45) is 19.4. The molecule has 15 heteroatoms. The van der Waals surface area contributed by atoms with Gasteiger partial charge in [-0.15, -0.1) is 0 Å². The van der Waals surface area contributed by atoms with Crippen LogP contribution < -0.4 is 5.32 Å². The number of carboxylic acids is 1. The van der Waals surface area contributed by atoms with Crippen molar-refractivity contribution < 1.29 is 68.8 Å². The number of Topliss-reactive ketones (excluding diaryl/α,β-unsaturated/α-hetero) is 1. The van der Waals surface area contributed by atoms with Gasteiger partial charge < -0.3 is 54.9 Å². The molecule has 5 aliphatic carbocycles. The van der Waals surface area contributed by atoms with Crippen molar-refractivity contribution in [2.24, 2.45) is 40.4 Å². The van der Waals surface area contributed by atoms with Gasteiger partial charge in [0.15, 0.2) is 24.3 Å². The zero-order chi connectivity index (χ0) is 59.3. The molecule has 10 rings (SSSR count). The topological polar surface area (TPSA) is 239 Å². The highest BCUT2D eigenvalue weighted by atomic mass is 16.7. The lowest BCUT2D eigenvalue weighted by molar-refractivity contribution is -0.210. The summed E-state index contributed by atoms with van der Waals surface area (Å²) in [6.45, 7) is 10.2. The monoisotopic (exact) mass is 1140 g/mol. The van der Waals surface area contributed by atoms with E-state index >= 15 is 0 Å². The van der Waals surface area contributed by atoms with Crippen LogP contribution in [0.2, 0.25) is 0 Å². The van der Waals surface area contributed by atoms with Gasteiger partial charge in [0.05, 0.1) is 30.8 Å². The third kappa shape index (κ3) is 14.5. The molecule has 0 radical (unpaired) electrons. The van der Waals surface area contributed by atoms with Crippen molar-refractivity contribution in [3.8, 4) is 11.5 Å². The predicted octanol–water partition coefficient (Wildman–Crippen LogP) is 11.1. The summed E-state index contributed by atoms with van der Waals surface area (Å²) in [6, 6.07) is 25.6. The van der Waals surface area contributed by atoms with E-state index < -0.39 is 47.6 Å². The highest BCUT2D eigenvalue weighted by Crippen LogP contribution is 2.70. The fraction of sp³-hybridized carbons (Fsp3) is 0.559. The van der Waals surface area contributed by atoms with Crippen molar-refractivity contribution in [3.05, 3.63) is 131 Å². The number of carbonyl (C=O) groups excluding carboxylic acids is 3. The number of aryl methyl sites for hydroxylation is 1. The molecule has 83 heavy (non-hydrogen) atoms. The number of ether oxygens (including phenoxy) is 4. The number of phenols is 2. The molecule has 0 spiro atoms. The summed E-state index contributed by atoms with van der Waals surface area (Å²) in [5.41, 5.74) is 1.28. The van der Waals surface area contributed by atoms with Crippen LogP contribution in [-0.2, 0) is 46.4 Å². The SMILES string of the molecule is CC(C)C(=O)OCC(=O)[C@@]12O[C@H](C3CCCCC3)O[C@@H]1C[C@H]1[C@@H]3CCC4=CC(=O)C=C[C@]4(C)[C@H]3[C@@H](O)C[C@@]12C.O=C(O)c1ccc2ccccc2c1O.OCc1cc(C(O)CNCCCCCCOCCCCc2ccccc2)ccc1O. The first kappa shape index (κ1) is 63.2. The number of aromatic hydroxyl groups is 2. The molecule has 0 bridgehead atoms. The van der Waals surface area contributed by atoms with Crippen molar-refractivity contribution >= 4 is 34.3 Å². The smallest absolute Gasteiger partial charge is 0.339 e. The first-order valence-corrected chi connectivity index (χ1v) is 30.4. The Hall–Kier alpha value is -5.78. The summed E-state index contributed by atoms with van der Waals surface area (Å²) in [5, 5.41) is 63.9. The molecule has 6 aliphatic rings. The minimum absolute atomic E-state index is 0.0162. The molecular weight excluding hydrogens is 1050 g/mol. The Balaban J connectivity index is 0.000000180. The minimum atomic E-state index is -1.25. The van der Waals surface area contributed by atoms with Crippen LogP contribution in [0.3, 0.4) is 0 Å². The van der Waals surface area contributed by atoms with Gasteiger partial charge in [0, 0.05) is 53.4 Å². The van der Waals surface area contributed by atoms with E-state index in [-0.39, 0.29) is 76.8 Å². The molecule has 4 saturated carbocycles. The zero-order valence-electron chi connectivity index (χ0n) is 49.0. The number of hydrogen-bond donors (Lipinski definition) is 7. The number of fused-ring (bicyclic) bond motifs is 8. The Morgan fingerprint density at radius 2 is 1.58 bits per heavy atom. The second-order valence-corrected chi connectivity index (χ2v) is 24.6. The summed E-state index contributed by atoms with van der Waals surface area (Å²) < 4.78 is 24.8. The molecule has 1 unspecified atom stereocenters. The number of allylic oxidation sites excluding steroid dienone is 4. The molecule has 4 aromatic rings. The quantitative estimate of drug-likeness (QED) is 0.0286. The molecule has 5 fully saturated rings. The molecule has 1 aliphatic heterocycles. The van der Waals surface area contributed by atoms with Crippen LogP contribution >= 0.6 is 0 Å². The van der Waals surface area contributed by atoms with E-state index in [1.165, 1.54) is 30.5 Å². The highest BCUT2D eigenvalue weighted by Gasteiger charge is 2.76. The fourth-order valence-electron chi connectivity index (χ4n) is 14.4. The average Bonchev–Trinajstić information content (AvgIpc) is 1.63. The lowest BCUT2D eigenvalue weighted by Crippen LogP contribution is -2.63. The van der Waals surface area contributed by atoms with Gasteiger partial charge in [-0.2, -0.15) is 0 Å². The number of hydrogen-bond acceptors (Lipinski definition) is 14. The van der Waals surface area contributed by atoms with E-state index in [9.17, 15) is 44.7 Å². The fourth-order valence-corrected chi connectivity index (χ4v) is 14.4. The van der Waals surface area contributed by atoms with Crippen LogP contribution in [0.25, 0.3) is 10.8 Å². The van der Waals surface area contributed by atoms with E-state index in [4.69, 9.17) is 24.1 Å². The molecule has 1 saturated heterocycles. The Labute approximate surface area is 489 Å². The lowest BCUT2D eigenvalue weighted by Gasteiger charge is -2.59. The summed E-state index contributed by atoms with van der Waals surface area (Å²) >= 11 is 0. The summed E-state index contributed by atoms with van der Waals surface area (Å²) in [4.78, 5) is 49.4. The molecule has 4 aromatic carbocycles. The number of aliphatic hydroxyl groups is 3. The number of nitrogens with one attached hydrogen (secondary N) is 1. The average molecular weight is 1140 g/mol. The summed E-state index contributed by atoms with van der Waals surface area (Å²) in [7, 11) is 0. The molecule has 0 aromatic heterocycles. The van der Waals surface area contributed by atoms with E-state index in [1.807, 2.05) is 18.2 Å². The van der Waals surface area contributed by atoms with Gasteiger partial charge in [0.2, 0.25) is 5.78 Å². The van der Waals surface area contributed by atoms with Gasteiger partial charge in [0.25, 0.3) is 0 Å². The number of carbonyl (C=O) groups is 4. The molecule has 450 valence electrons. The third-order valence-corrected chi connectivity index (χ3v) is 18.9. The first-order valence-electron chi connectivity index (χ1n) is 30.4. The van der Waals surface area contributed by atoms with E-state index in [1.54, 1.807) is 56.3 Å². The van der Waals surface area contributed by atoms with E-state index in [0.717, 1.165) is 108 Å². The van der Waals surface area contributed by atoms with Crippen LogP contribution in [0.1, 0.15) is 157 Å². The highest BCUT2D eigenvalue weighted by molar-refractivity contribution is 6.01. The van der Waals surface area contributed by atoms with Gasteiger partial charge in [-0.05, 0) is 136 Å². The molecule has 7 N–H and O–H groups in total. The number of unbranched alkanes of at least 4 members (excludes halogenated alkanes) is 4. The van der Waals surface area contributed by atoms with Crippen molar-refractivity contribution in [1.29, 1.82) is 0 Å².